The van der Waals surface area contributed by atoms with Crippen LogP contribution < -0.4 is 11.4 Å². The molecule has 134 valence electrons. The average molecular weight is 385 g/mol. The Hall–Kier alpha value is -1.96. The number of imidazole rings is 1. The summed E-state index contributed by atoms with van der Waals surface area (Å²) < 4.78 is 0. The summed E-state index contributed by atoms with van der Waals surface area (Å²) >= 11 is 11.9. The summed E-state index contributed by atoms with van der Waals surface area (Å²) in [5.74, 6) is -0.106. The van der Waals surface area contributed by atoms with Gasteiger partial charge in [-0.25, -0.2) is 4.79 Å². The topological polar surface area (TPSA) is 115 Å². The molecule has 2 heterocycles. The molecule has 1 aromatic carbocycles. The van der Waals surface area contributed by atoms with E-state index in [-0.39, 0.29) is 28.3 Å². The summed E-state index contributed by atoms with van der Waals surface area (Å²) in [7, 11) is 0. The fourth-order valence-electron chi connectivity index (χ4n) is 3.15. The highest BCUT2D eigenvalue weighted by Crippen LogP contribution is 2.37. The zero-order valence-electron chi connectivity index (χ0n) is 13.3. The molecule has 1 aliphatic rings. The van der Waals surface area contributed by atoms with Crippen molar-refractivity contribution in [3.8, 4) is 5.75 Å². The van der Waals surface area contributed by atoms with Gasteiger partial charge in [0, 0.05) is 37.0 Å². The Morgan fingerprint density at radius 2 is 1.92 bits per heavy atom. The summed E-state index contributed by atoms with van der Waals surface area (Å²) in [5, 5.41) is 10.7. The van der Waals surface area contributed by atoms with E-state index in [2.05, 4.69) is 9.97 Å². The first-order valence-electron chi connectivity index (χ1n) is 7.87. The van der Waals surface area contributed by atoms with Crippen molar-refractivity contribution in [2.24, 2.45) is 11.7 Å². The van der Waals surface area contributed by atoms with E-state index in [0.29, 0.717) is 36.5 Å². The molecule has 2 aromatic rings. The minimum atomic E-state index is -0.407. The number of aromatic hydroxyl groups is 1. The van der Waals surface area contributed by atoms with E-state index >= 15 is 0 Å². The molecule has 1 fully saturated rings. The van der Waals surface area contributed by atoms with Crippen LogP contribution in [0.4, 0.5) is 0 Å². The van der Waals surface area contributed by atoms with Crippen molar-refractivity contribution < 1.29 is 9.90 Å². The molecule has 0 saturated carbocycles. The third-order valence-electron chi connectivity index (χ3n) is 4.59. The predicted octanol–water partition coefficient (Wildman–Crippen LogP) is 2.27. The third-order valence-corrected chi connectivity index (χ3v) is 5.31. The van der Waals surface area contributed by atoms with E-state index in [0.717, 1.165) is 0 Å². The number of phenols is 1. The van der Waals surface area contributed by atoms with Crippen LogP contribution in [-0.2, 0) is 0 Å². The summed E-state index contributed by atoms with van der Waals surface area (Å²) in [6, 6.07) is 2.57. The van der Waals surface area contributed by atoms with Crippen molar-refractivity contribution in [1.29, 1.82) is 0 Å². The number of piperidine rings is 1. The molecule has 0 radical (unpaired) electrons. The fourth-order valence-corrected chi connectivity index (χ4v) is 3.48. The lowest BCUT2D eigenvalue weighted by Gasteiger charge is -2.34. The number of halogens is 2. The fraction of sp³-hybridized carbons (Fsp3) is 0.375. The molecule has 0 aliphatic carbocycles. The molecule has 1 amide bonds. The van der Waals surface area contributed by atoms with Crippen LogP contribution in [0.5, 0.6) is 5.75 Å². The van der Waals surface area contributed by atoms with E-state index in [4.69, 9.17) is 28.9 Å². The Kier molecular flexibility index (Phi) is 5.08. The molecule has 0 spiro atoms. The molecule has 0 unspecified atom stereocenters. The van der Waals surface area contributed by atoms with Crippen molar-refractivity contribution in [1.82, 2.24) is 14.9 Å². The summed E-state index contributed by atoms with van der Waals surface area (Å²) in [5.41, 5.74) is 6.70. The molecule has 9 heteroatoms. The number of phenolic OH excluding ortho intramolecular Hbond substituents is 1. The number of rotatable bonds is 3. The Morgan fingerprint density at radius 1 is 1.28 bits per heavy atom. The number of amides is 1. The monoisotopic (exact) mass is 384 g/mol. The van der Waals surface area contributed by atoms with Crippen molar-refractivity contribution in [2.75, 3.05) is 13.1 Å². The van der Waals surface area contributed by atoms with Crippen LogP contribution in [0.3, 0.4) is 0 Å². The van der Waals surface area contributed by atoms with Crippen LogP contribution in [0.1, 0.15) is 34.9 Å². The second kappa shape index (κ2) is 7.11. The lowest BCUT2D eigenvalue weighted by Crippen LogP contribution is -2.41. The minimum absolute atomic E-state index is 0.0188. The largest absolute Gasteiger partial charge is 0.508 e. The van der Waals surface area contributed by atoms with Crippen molar-refractivity contribution in [3.05, 3.63) is 50.1 Å². The summed E-state index contributed by atoms with van der Waals surface area (Å²) in [4.78, 5) is 30.0. The Bertz CT molecular complexity index is 840. The molecule has 1 aliphatic heterocycles. The van der Waals surface area contributed by atoms with Crippen LogP contribution in [0.15, 0.2) is 23.1 Å². The number of hydrogen-bond donors (Lipinski definition) is 4. The minimum Gasteiger partial charge on any atom is -0.508 e. The number of carbonyl (C=O) groups excluding carboxylic acids is 1. The van der Waals surface area contributed by atoms with Gasteiger partial charge in [-0.15, -0.1) is 0 Å². The number of aromatic amines is 2. The smallest absolute Gasteiger partial charge is 0.323 e. The Balaban J connectivity index is 1.67. The maximum absolute atomic E-state index is 12.3. The number of nitrogens with zero attached hydrogens (tertiary/aromatic N) is 1. The number of nitrogens with one attached hydrogen (secondary N) is 2. The van der Waals surface area contributed by atoms with E-state index in [1.165, 1.54) is 12.3 Å². The highest BCUT2D eigenvalue weighted by Gasteiger charge is 2.29. The number of H-pyrrole nitrogens is 2. The lowest BCUT2D eigenvalue weighted by molar-refractivity contribution is 0.0672. The van der Waals surface area contributed by atoms with Crippen LogP contribution in [0.25, 0.3) is 0 Å². The number of hydrogen-bond acceptors (Lipinski definition) is 4. The van der Waals surface area contributed by atoms with Crippen LogP contribution in [0.2, 0.25) is 10.0 Å². The lowest BCUT2D eigenvalue weighted by atomic mass is 9.85. The van der Waals surface area contributed by atoms with Gasteiger partial charge in [-0.05, 0) is 24.8 Å². The number of likely N-dealkylation sites (tertiary alicyclic amines) is 1. The van der Waals surface area contributed by atoms with Gasteiger partial charge in [0.15, 0.2) is 0 Å². The van der Waals surface area contributed by atoms with Crippen LogP contribution in [-0.4, -0.2) is 39.0 Å². The van der Waals surface area contributed by atoms with Crippen molar-refractivity contribution in [3.63, 3.8) is 0 Å². The van der Waals surface area contributed by atoms with Gasteiger partial charge in [-0.1, -0.05) is 23.2 Å². The normalized spacial score (nSPS) is 16.8. The molecular formula is C16H18Cl2N4O3. The van der Waals surface area contributed by atoms with Crippen LogP contribution >= 0.6 is 23.2 Å². The molecule has 1 atom stereocenters. The molecule has 0 bridgehead atoms. The molecule has 1 saturated heterocycles. The standard InChI is InChI=1S/C16H18Cl2N4O3/c17-10-5-9(13(23)6-11(10)18)14(19)8-1-3-22(4-2-8)15(24)12-7-20-16(25)21-12/h5-8,14,23H,1-4,19H2,(H2,20,21,25)/t14-/m1/s1. The van der Waals surface area contributed by atoms with Gasteiger partial charge < -0.3 is 25.7 Å². The Morgan fingerprint density at radius 3 is 2.52 bits per heavy atom. The Labute approximate surface area is 153 Å². The zero-order valence-corrected chi connectivity index (χ0v) is 14.8. The van der Waals surface area contributed by atoms with Gasteiger partial charge in [0.05, 0.1) is 10.0 Å². The first-order valence-corrected chi connectivity index (χ1v) is 8.63. The molecular weight excluding hydrogens is 367 g/mol. The van der Waals surface area contributed by atoms with Gasteiger partial charge in [0.1, 0.15) is 11.4 Å². The first-order chi connectivity index (χ1) is 11.9. The van der Waals surface area contributed by atoms with Gasteiger partial charge in [0.2, 0.25) is 0 Å². The van der Waals surface area contributed by atoms with Gasteiger partial charge in [-0.2, -0.15) is 0 Å². The number of aromatic nitrogens is 2. The maximum atomic E-state index is 12.3. The zero-order chi connectivity index (χ0) is 18.1. The van der Waals surface area contributed by atoms with E-state index in [1.807, 2.05) is 0 Å². The van der Waals surface area contributed by atoms with E-state index in [1.54, 1.807) is 11.0 Å². The molecule has 25 heavy (non-hydrogen) atoms. The van der Waals surface area contributed by atoms with Gasteiger partial charge in [-0.3, -0.25) is 4.79 Å². The van der Waals surface area contributed by atoms with Gasteiger partial charge in [0.25, 0.3) is 5.91 Å². The first kappa shape index (κ1) is 17.8. The molecule has 5 N–H and O–H groups in total. The molecule has 1 aromatic heterocycles. The predicted molar refractivity (Wildman–Crippen MR) is 95.1 cm³/mol. The number of carbonyl (C=O) groups is 1. The van der Waals surface area contributed by atoms with Gasteiger partial charge >= 0.3 is 5.69 Å². The maximum Gasteiger partial charge on any atom is 0.323 e. The van der Waals surface area contributed by atoms with Crippen molar-refractivity contribution >= 4 is 29.1 Å². The van der Waals surface area contributed by atoms with Crippen molar-refractivity contribution in [2.45, 2.75) is 18.9 Å². The second-order valence-corrected chi connectivity index (χ2v) is 6.95. The van der Waals surface area contributed by atoms with E-state index in [9.17, 15) is 14.7 Å². The third kappa shape index (κ3) is 3.68. The summed E-state index contributed by atoms with van der Waals surface area (Å²) in [6.45, 7) is 1.04. The second-order valence-electron chi connectivity index (χ2n) is 6.14. The molecule has 3 rings (SSSR count). The highest BCUT2D eigenvalue weighted by atomic mass is 35.5. The van der Waals surface area contributed by atoms with E-state index < -0.39 is 11.7 Å². The average Bonchev–Trinajstić information content (AvgIpc) is 3.03. The molecule has 7 nitrogen and oxygen atoms in total. The number of benzene rings is 1. The van der Waals surface area contributed by atoms with Crippen LogP contribution in [0, 0.1) is 5.92 Å². The SMILES string of the molecule is N[C@@H](c1cc(Cl)c(Cl)cc1O)C1CCN(C(=O)c2c[nH]c(=O)[nH]2)CC1. The quantitative estimate of drug-likeness (QED) is 0.649. The number of nitrogens with two attached hydrogens (primary N) is 1. The summed E-state index contributed by atoms with van der Waals surface area (Å²) in [6.07, 6.45) is 2.73. The highest BCUT2D eigenvalue weighted by molar-refractivity contribution is 6.42.